The lowest BCUT2D eigenvalue weighted by molar-refractivity contribution is -0.384. The van der Waals surface area contributed by atoms with Gasteiger partial charge in [-0.15, -0.1) is 0 Å². The van der Waals surface area contributed by atoms with E-state index in [0.717, 1.165) is 17.3 Å². The molecule has 1 aliphatic heterocycles. The van der Waals surface area contributed by atoms with Crippen molar-refractivity contribution in [2.75, 3.05) is 4.90 Å². The number of nitro groups is 1. The quantitative estimate of drug-likeness (QED) is 0.234. The summed E-state index contributed by atoms with van der Waals surface area (Å²) in [5.74, 6) is -0.601. The van der Waals surface area contributed by atoms with Crippen molar-refractivity contribution < 1.29 is 24.0 Å². The molecule has 2 heterocycles. The number of carbonyl (C=O) groups excluding carboxylic acids is 1. The largest absolute Gasteiger partial charge is 0.478 e. The van der Waals surface area contributed by atoms with Crippen LogP contribution in [0.15, 0.2) is 63.9 Å². The number of hydrogen-bond donors (Lipinski definition) is 1. The molecule has 0 bridgehead atoms. The van der Waals surface area contributed by atoms with Crippen LogP contribution in [0.3, 0.4) is 0 Å². The van der Waals surface area contributed by atoms with Crippen molar-refractivity contribution in [3.8, 4) is 11.3 Å². The number of furan rings is 1. The second-order valence-electron chi connectivity index (χ2n) is 6.83. The second-order valence-corrected chi connectivity index (χ2v) is 8.51. The van der Waals surface area contributed by atoms with E-state index in [1.165, 1.54) is 41.3 Å². The van der Waals surface area contributed by atoms with Gasteiger partial charge in [0.2, 0.25) is 0 Å². The molecule has 0 unspecified atom stereocenters. The highest BCUT2D eigenvalue weighted by Crippen LogP contribution is 2.37. The van der Waals surface area contributed by atoms with Crippen LogP contribution in [0.2, 0.25) is 0 Å². The Hall–Kier alpha value is -3.76. The maximum atomic E-state index is 12.9. The maximum Gasteiger partial charge on any atom is 0.335 e. The van der Waals surface area contributed by atoms with E-state index >= 15 is 0 Å². The Bertz CT molecular complexity index is 1330. The van der Waals surface area contributed by atoms with E-state index in [4.69, 9.17) is 16.6 Å². The molecule has 0 spiro atoms. The number of thiocarbonyl (C=S) groups is 1. The summed E-state index contributed by atoms with van der Waals surface area (Å²) in [5, 5.41) is 20.3. The minimum Gasteiger partial charge on any atom is -0.478 e. The van der Waals surface area contributed by atoms with E-state index in [1.807, 2.05) is 6.92 Å². The molecule has 0 radical (unpaired) electrons. The Morgan fingerprint density at radius 1 is 1.22 bits per heavy atom. The molecule has 1 aliphatic rings. The van der Waals surface area contributed by atoms with Gasteiger partial charge in [0.05, 0.1) is 21.1 Å². The number of carbonyl (C=O) groups is 2. The molecule has 0 saturated carbocycles. The molecule has 2 aromatic carbocycles. The summed E-state index contributed by atoms with van der Waals surface area (Å²) in [6.07, 6.45) is 1.54. The van der Waals surface area contributed by atoms with Crippen molar-refractivity contribution in [1.82, 2.24) is 0 Å². The number of carboxylic acids is 1. The minimum atomic E-state index is -1.04. The fraction of sp³-hybridized carbons (Fsp3) is 0.0455. The van der Waals surface area contributed by atoms with Crippen molar-refractivity contribution in [2.45, 2.75) is 6.92 Å². The Morgan fingerprint density at radius 2 is 2.00 bits per heavy atom. The first kappa shape index (κ1) is 21.5. The number of nitro benzene ring substituents is 1. The zero-order valence-corrected chi connectivity index (χ0v) is 18.1. The van der Waals surface area contributed by atoms with Crippen molar-refractivity contribution in [3.63, 3.8) is 0 Å². The number of amides is 1. The predicted octanol–water partition coefficient (Wildman–Crippen LogP) is 5.27. The monoisotopic (exact) mass is 466 g/mol. The number of hydrogen-bond acceptors (Lipinski definition) is 7. The van der Waals surface area contributed by atoms with Crippen molar-refractivity contribution in [2.24, 2.45) is 0 Å². The molecule has 3 aromatic rings. The van der Waals surface area contributed by atoms with Crippen LogP contribution in [-0.2, 0) is 4.79 Å². The number of rotatable bonds is 5. The molecule has 160 valence electrons. The first-order chi connectivity index (χ1) is 15.2. The van der Waals surface area contributed by atoms with Crippen LogP contribution < -0.4 is 4.90 Å². The highest BCUT2D eigenvalue weighted by Gasteiger charge is 2.34. The number of aryl methyl sites for hydroxylation is 1. The van der Waals surface area contributed by atoms with Gasteiger partial charge in [-0.3, -0.25) is 19.8 Å². The number of thioether (sulfide) groups is 1. The minimum absolute atomic E-state index is 0.140. The van der Waals surface area contributed by atoms with Crippen molar-refractivity contribution in [1.29, 1.82) is 0 Å². The SMILES string of the molecule is Cc1ccc(C(=O)O)cc1-c1ccc(/C=C2/SC(=S)N(c3cccc([N+](=O)[O-])c3)C2=O)o1. The Morgan fingerprint density at radius 3 is 2.72 bits per heavy atom. The van der Waals surface area contributed by atoms with Gasteiger partial charge in [0.25, 0.3) is 11.6 Å². The molecular weight excluding hydrogens is 452 g/mol. The van der Waals surface area contributed by atoms with Crippen LogP contribution in [-0.4, -0.2) is 26.2 Å². The Kier molecular flexibility index (Phi) is 5.64. The van der Waals surface area contributed by atoms with Gasteiger partial charge in [0, 0.05) is 23.8 Å². The average molecular weight is 466 g/mol. The smallest absolute Gasteiger partial charge is 0.335 e. The molecule has 0 aliphatic carbocycles. The summed E-state index contributed by atoms with van der Waals surface area (Å²) in [5.41, 5.74) is 1.78. The summed E-state index contributed by atoms with van der Waals surface area (Å²) in [6.45, 7) is 1.84. The van der Waals surface area contributed by atoms with Gasteiger partial charge in [-0.25, -0.2) is 4.79 Å². The molecule has 1 amide bonds. The second kappa shape index (κ2) is 8.40. The number of non-ortho nitro benzene ring substituents is 1. The average Bonchev–Trinajstić information content (AvgIpc) is 3.32. The Labute approximate surface area is 191 Å². The number of aromatic carboxylic acids is 1. The molecule has 32 heavy (non-hydrogen) atoms. The van der Waals surface area contributed by atoms with Crippen molar-refractivity contribution in [3.05, 3.63) is 86.5 Å². The summed E-state index contributed by atoms with van der Waals surface area (Å²) in [4.78, 5) is 36.2. The number of anilines is 1. The molecule has 1 saturated heterocycles. The van der Waals surface area contributed by atoms with Gasteiger partial charge in [-0.2, -0.15) is 0 Å². The summed E-state index contributed by atoms with van der Waals surface area (Å²) >= 11 is 6.37. The van der Waals surface area contributed by atoms with Crippen LogP contribution in [0.25, 0.3) is 17.4 Å². The molecule has 4 rings (SSSR count). The van der Waals surface area contributed by atoms with E-state index in [9.17, 15) is 24.8 Å². The third-order valence-electron chi connectivity index (χ3n) is 4.74. The van der Waals surface area contributed by atoms with Gasteiger partial charge in [-0.1, -0.05) is 36.1 Å². The van der Waals surface area contributed by atoms with Crippen LogP contribution in [0.1, 0.15) is 21.7 Å². The van der Waals surface area contributed by atoms with E-state index in [2.05, 4.69) is 0 Å². The normalized spacial score (nSPS) is 14.9. The van der Waals surface area contributed by atoms with E-state index in [-0.39, 0.29) is 15.6 Å². The third kappa shape index (κ3) is 4.05. The van der Waals surface area contributed by atoms with Gasteiger partial charge in [-0.05, 0) is 42.8 Å². The number of carboxylic acid groups (broad SMARTS) is 1. The highest BCUT2D eigenvalue weighted by atomic mass is 32.2. The fourth-order valence-corrected chi connectivity index (χ4v) is 4.44. The Balaban J connectivity index is 1.63. The zero-order chi connectivity index (χ0) is 23.0. The van der Waals surface area contributed by atoms with Gasteiger partial charge >= 0.3 is 5.97 Å². The van der Waals surface area contributed by atoms with Gasteiger partial charge < -0.3 is 9.52 Å². The summed E-state index contributed by atoms with van der Waals surface area (Å²) in [7, 11) is 0. The fourth-order valence-electron chi connectivity index (χ4n) is 3.16. The molecule has 1 aromatic heterocycles. The highest BCUT2D eigenvalue weighted by molar-refractivity contribution is 8.27. The lowest BCUT2D eigenvalue weighted by atomic mass is 10.0. The topological polar surface area (TPSA) is 114 Å². The van der Waals surface area contributed by atoms with Crippen LogP contribution in [0, 0.1) is 17.0 Å². The predicted molar refractivity (Wildman–Crippen MR) is 125 cm³/mol. The summed E-state index contributed by atoms with van der Waals surface area (Å²) < 4.78 is 6.08. The van der Waals surface area contributed by atoms with Crippen LogP contribution in [0.5, 0.6) is 0 Å². The van der Waals surface area contributed by atoms with Crippen LogP contribution >= 0.6 is 24.0 Å². The molecule has 10 heteroatoms. The standard InChI is InChI=1S/C22H14N2O6S2/c1-12-5-6-13(21(26)27)9-17(12)18-8-7-16(30-18)11-19-20(25)23(22(31)32-19)14-3-2-4-15(10-14)24(28)29/h2-11H,1H3,(H,26,27)/b19-11+. The first-order valence-electron chi connectivity index (χ1n) is 9.21. The van der Waals surface area contributed by atoms with Gasteiger partial charge in [0.15, 0.2) is 4.32 Å². The number of nitrogens with zero attached hydrogens (tertiary/aromatic N) is 2. The number of benzene rings is 2. The van der Waals surface area contributed by atoms with Gasteiger partial charge in [0.1, 0.15) is 11.5 Å². The van der Waals surface area contributed by atoms with Crippen molar-refractivity contribution >= 4 is 57.6 Å². The lowest BCUT2D eigenvalue weighted by Crippen LogP contribution is -2.27. The summed E-state index contributed by atoms with van der Waals surface area (Å²) in [6, 6.07) is 13.8. The molecule has 1 N–H and O–H groups in total. The molecular formula is C22H14N2O6S2. The maximum absolute atomic E-state index is 12.9. The first-order valence-corrected chi connectivity index (χ1v) is 10.4. The van der Waals surface area contributed by atoms with Crippen LogP contribution in [0.4, 0.5) is 11.4 Å². The third-order valence-corrected chi connectivity index (χ3v) is 6.04. The zero-order valence-electron chi connectivity index (χ0n) is 16.5. The van der Waals surface area contributed by atoms with E-state index < -0.39 is 16.8 Å². The molecule has 1 fully saturated rings. The molecule has 8 nitrogen and oxygen atoms in total. The van der Waals surface area contributed by atoms with E-state index in [1.54, 1.807) is 24.3 Å². The lowest BCUT2D eigenvalue weighted by Gasteiger charge is -2.13. The van der Waals surface area contributed by atoms with E-state index in [0.29, 0.717) is 27.7 Å². The molecule has 0 atom stereocenters.